The minimum atomic E-state index is -0.841. The highest BCUT2D eigenvalue weighted by Crippen LogP contribution is 2.11. The Kier molecular flexibility index (Phi) is 58.1. The summed E-state index contributed by atoms with van der Waals surface area (Å²) in [6.45, 7) is 6.18. The van der Waals surface area contributed by atoms with E-state index in [1.54, 1.807) is 0 Å². The van der Waals surface area contributed by atoms with E-state index in [-0.39, 0.29) is 37.5 Å². The molecule has 0 aromatic heterocycles. The Hall–Kier alpha value is -5.75. The molecule has 1 atom stereocenters. The van der Waals surface area contributed by atoms with Gasteiger partial charge in [0.1, 0.15) is 13.2 Å². The van der Waals surface area contributed by atoms with E-state index in [9.17, 15) is 14.4 Å². The average Bonchev–Trinajstić information content (AvgIpc) is 3.43. The normalized spacial score (nSPS) is 13.5. The van der Waals surface area contributed by atoms with Gasteiger partial charge in [0.25, 0.3) is 0 Å². The summed E-state index contributed by atoms with van der Waals surface area (Å²) in [5, 5.41) is 0. The first-order valence-electron chi connectivity index (χ1n) is 29.9. The fourth-order valence-corrected chi connectivity index (χ4v) is 7.20. The van der Waals surface area contributed by atoms with Crippen molar-refractivity contribution in [3.05, 3.63) is 194 Å². The third kappa shape index (κ3) is 61.0. The number of carbonyl (C=O) groups is 3. The van der Waals surface area contributed by atoms with Crippen LogP contribution in [-0.2, 0) is 28.6 Å². The molecule has 0 aliphatic rings. The van der Waals surface area contributed by atoms with Gasteiger partial charge in [0.15, 0.2) is 6.10 Å². The van der Waals surface area contributed by atoms with Crippen LogP contribution in [0.5, 0.6) is 0 Å². The molecule has 0 spiro atoms. The molecule has 0 amide bonds. The lowest BCUT2D eigenvalue weighted by molar-refractivity contribution is -0.167. The third-order valence-electron chi connectivity index (χ3n) is 11.6. The maximum absolute atomic E-state index is 12.9. The Balaban J connectivity index is 4.57. The SMILES string of the molecule is CC/C=C\C/C=C\C/C=C\C/C=C\C/C=C\C/C=C\C/C=C\CCCCCC(=O)OCC(COC(=O)CCCCC/C=C\C/C=C\C/C=C\CC)OC(=O)CCCC/C=C\C/C=C\C/C=C\C/C=C\C/C=C\C/C=C\CC. The summed E-state index contributed by atoms with van der Waals surface area (Å²) in [4.78, 5) is 38.2. The first kappa shape index (κ1) is 71.2. The minimum absolute atomic E-state index is 0.133. The van der Waals surface area contributed by atoms with E-state index in [1.165, 1.54) is 0 Å². The van der Waals surface area contributed by atoms with Crippen molar-refractivity contribution in [2.75, 3.05) is 13.2 Å². The summed E-state index contributed by atoms with van der Waals surface area (Å²) in [6, 6.07) is 0. The van der Waals surface area contributed by atoms with Crippen LogP contribution in [0.4, 0.5) is 0 Å². The molecule has 0 heterocycles. The molecule has 0 aliphatic heterocycles. The lowest BCUT2D eigenvalue weighted by atomic mass is 10.1. The molecular weight excluding hydrogens is 949 g/mol. The molecule has 0 fully saturated rings. The van der Waals surface area contributed by atoms with E-state index < -0.39 is 6.10 Å². The maximum Gasteiger partial charge on any atom is 0.306 e. The second-order valence-corrected chi connectivity index (χ2v) is 18.8. The summed E-state index contributed by atoms with van der Waals surface area (Å²) in [5.41, 5.74) is 0. The van der Waals surface area contributed by atoms with Gasteiger partial charge < -0.3 is 14.2 Å². The zero-order valence-corrected chi connectivity index (χ0v) is 48.6. The molecular formula is C71H106O6. The lowest BCUT2D eigenvalue weighted by Gasteiger charge is -2.18. The molecule has 6 heteroatoms. The maximum atomic E-state index is 12.9. The number of ether oxygens (including phenoxy) is 3. The number of allylic oxidation sites excluding steroid dienone is 32. The van der Waals surface area contributed by atoms with Gasteiger partial charge in [-0.25, -0.2) is 0 Å². The van der Waals surface area contributed by atoms with E-state index in [2.05, 4.69) is 215 Å². The van der Waals surface area contributed by atoms with E-state index in [4.69, 9.17) is 14.2 Å². The second-order valence-electron chi connectivity index (χ2n) is 18.8. The van der Waals surface area contributed by atoms with Gasteiger partial charge in [-0.15, -0.1) is 0 Å². The van der Waals surface area contributed by atoms with Gasteiger partial charge in [-0.2, -0.15) is 0 Å². The monoisotopic (exact) mass is 1050 g/mol. The van der Waals surface area contributed by atoms with Crippen molar-refractivity contribution in [2.24, 2.45) is 0 Å². The number of esters is 3. The fourth-order valence-electron chi connectivity index (χ4n) is 7.20. The summed E-state index contributed by atoms with van der Waals surface area (Å²) in [7, 11) is 0. The molecule has 0 N–H and O–H groups in total. The van der Waals surface area contributed by atoms with Crippen molar-refractivity contribution >= 4 is 17.9 Å². The molecule has 0 aromatic rings. The molecule has 6 nitrogen and oxygen atoms in total. The average molecular weight is 1060 g/mol. The Bertz CT molecular complexity index is 1880. The first-order chi connectivity index (χ1) is 38.0. The van der Waals surface area contributed by atoms with Crippen LogP contribution in [0.15, 0.2) is 194 Å². The van der Waals surface area contributed by atoms with E-state index in [0.29, 0.717) is 19.3 Å². The van der Waals surface area contributed by atoms with Gasteiger partial charge in [-0.3, -0.25) is 14.4 Å². The molecule has 0 rings (SSSR count). The molecule has 0 aliphatic carbocycles. The number of rotatable bonds is 51. The summed E-state index contributed by atoms with van der Waals surface area (Å²) in [5.74, 6) is -1.05. The van der Waals surface area contributed by atoms with Crippen LogP contribution in [0.2, 0.25) is 0 Å². The van der Waals surface area contributed by atoms with E-state index >= 15 is 0 Å². The quantitative estimate of drug-likeness (QED) is 0.0261. The van der Waals surface area contributed by atoms with Crippen molar-refractivity contribution in [3.8, 4) is 0 Å². The zero-order valence-electron chi connectivity index (χ0n) is 48.6. The Morgan fingerprint density at radius 1 is 0.260 bits per heavy atom. The van der Waals surface area contributed by atoms with E-state index in [1.807, 2.05) is 0 Å². The van der Waals surface area contributed by atoms with Gasteiger partial charge >= 0.3 is 17.9 Å². The van der Waals surface area contributed by atoms with Crippen LogP contribution in [0.1, 0.15) is 213 Å². The van der Waals surface area contributed by atoms with Gasteiger partial charge in [0.05, 0.1) is 0 Å². The molecule has 0 saturated heterocycles. The fraction of sp³-hybridized carbons (Fsp3) is 0.507. The molecule has 0 saturated carbocycles. The van der Waals surface area contributed by atoms with Crippen LogP contribution in [0, 0.1) is 0 Å². The zero-order chi connectivity index (χ0) is 55.7. The Labute approximate surface area is 471 Å². The highest BCUT2D eigenvalue weighted by Gasteiger charge is 2.19. The number of carbonyl (C=O) groups excluding carboxylic acids is 3. The van der Waals surface area contributed by atoms with Gasteiger partial charge in [0, 0.05) is 19.3 Å². The van der Waals surface area contributed by atoms with Crippen molar-refractivity contribution in [1.82, 2.24) is 0 Å². The van der Waals surface area contributed by atoms with E-state index in [0.717, 1.165) is 167 Å². The Morgan fingerprint density at radius 2 is 0.468 bits per heavy atom. The van der Waals surface area contributed by atoms with Crippen LogP contribution in [-0.4, -0.2) is 37.2 Å². The minimum Gasteiger partial charge on any atom is -0.462 e. The standard InChI is InChI=1S/C71H106O6/c1-4-7-10-13-16-19-22-25-27-29-31-33-34-35-36-38-39-41-43-46-49-52-55-58-61-64-70(73)76-67-68(66-75-69(72)63-60-57-54-51-48-45-24-21-18-15-12-9-6-3)77-71(74)65-62-59-56-53-50-47-44-42-40-37-32-30-28-26-23-20-17-14-11-8-5-2/h7-12,16-21,25-28,31-33,35-37,39,41-42,44-46,48-50,53,68H,4-6,13-15,22-24,29-30,34,38,40,43,47,51-52,54-67H2,1-3H3/b10-7-,11-8-,12-9-,19-16-,20-17-,21-18-,27-25-,28-26-,33-31-,36-35-,37-32-,41-39-,44-42-,48-45-,49-46-,53-50-. The highest BCUT2D eigenvalue weighted by molar-refractivity contribution is 5.71. The molecule has 0 bridgehead atoms. The summed E-state index contributed by atoms with van der Waals surface area (Å²) >= 11 is 0. The molecule has 0 aromatic carbocycles. The van der Waals surface area contributed by atoms with Crippen LogP contribution >= 0.6 is 0 Å². The number of hydrogen-bond acceptors (Lipinski definition) is 6. The smallest absolute Gasteiger partial charge is 0.306 e. The van der Waals surface area contributed by atoms with Crippen molar-refractivity contribution in [2.45, 2.75) is 219 Å². The number of hydrogen-bond donors (Lipinski definition) is 0. The Morgan fingerprint density at radius 3 is 0.727 bits per heavy atom. The summed E-state index contributed by atoms with van der Waals surface area (Å²) in [6.07, 6.45) is 95.7. The van der Waals surface area contributed by atoms with Gasteiger partial charge in [-0.05, 0) is 161 Å². The third-order valence-corrected chi connectivity index (χ3v) is 11.6. The lowest BCUT2D eigenvalue weighted by Crippen LogP contribution is -2.30. The van der Waals surface area contributed by atoms with Crippen molar-refractivity contribution in [3.63, 3.8) is 0 Å². The number of unbranched alkanes of at least 4 members (excludes halogenated alkanes) is 8. The topological polar surface area (TPSA) is 78.9 Å². The van der Waals surface area contributed by atoms with Gasteiger partial charge in [-0.1, -0.05) is 228 Å². The molecule has 1 unspecified atom stereocenters. The first-order valence-corrected chi connectivity index (χ1v) is 29.9. The molecule has 426 valence electrons. The van der Waals surface area contributed by atoms with Crippen molar-refractivity contribution in [1.29, 1.82) is 0 Å². The molecule has 77 heavy (non-hydrogen) atoms. The largest absolute Gasteiger partial charge is 0.462 e. The van der Waals surface area contributed by atoms with Crippen LogP contribution in [0.3, 0.4) is 0 Å². The van der Waals surface area contributed by atoms with Crippen LogP contribution < -0.4 is 0 Å². The highest BCUT2D eigenvalue weighted by atomic mass is 16.6. The van der Waals surface area contributed by atoms with Crippen molar-refractivity contribution < 1.29 is 28.6 Å². The predicted molar refractivity (Wildman–Crippen MR) is 334 cm³/mol. The summed E-state index contributed by atoms with van der Waals surface area (Å²) < 4.78 is 16.8. The molecule has 0 radical (unpaired) electrons. The second kappa shape index (κ2) is 62.8. The van der Waals surface area contributed by atoms with Crippen LogP contribution in [0.25, 0.3) is 0 Å². The predicted octanol–water partition coefficient (Wildman–Crippen LogP) is 20.6. The van der Waals surface area contributed by atoms with Gasteiger partial charge in [0.2, 0.25) is 0 Å².